The highest BCUT2D eigenvalue weighted by molar-refractivity contribution is 5.84. The first-order chi connectivity index (χ1) is 10.7. The zero-order valence-electron chi connectivity index (χ0n) is 14.9. The van der Waals surface area contributed by atoms with E-state index in [9.17, 15) is 22.8 Å². The predicted octanol–water partition coefficient (Wildman–Crippen LogP) is 2.90. The van der Waals surface area contributed by atoms with Gasteiger partial charge >= 0.3 is 12.3 Å². The van der Waals surface area contributed by atoms with Gasteiger partial charge in [-0.2, -0.15) is 13.2 Å². The number of ether oxygens (including phenoxy) is 1. The lowest BCUT2D eigenvalue weighted by Crippen LogP contribution is -2.56. The van der Waals surface area contributed by atoms with Gasteiger partial charge in [0.1, 0.15) is 11.1 Å². The molecule has 2 atom stereocenters. The molecule has 1 aliphatic carbocycles. The second-order valence-electron chi connectivity index (χ2n) is 8.19. The molecule has 0 spiro atoms. The van der Waals surface area contributed by atoms with Gasteiger partial charge in [-0.25, -0.2) is 4.79 Å². The molecule has 1 heterocycles. The Labute approximate surface area is 140 Å². The van der Waals surface area contributed by atoms with E-state index in [0.29, 0.717) is 13.1 Å². The van der Waals surface area contributed by atoms with E-state index < -0.39 is 35.2 Å². The van der Waals surface area contributed by atoms with Crippen molar-refractivity contribution >= 4 is 12.0 Å². The zero-order valence-corrected chi connectivity index (χ0v) is 14.9. The lowest BCUT2D eigenvalue weighted by Gasteiger charge is -2.37. The fraction of sp³-hybridized carbons (Fsp3) is 0.875. The second kappa shape index (κ2) is 5.52. The molecule has 0 aromatic rings. The lowest BCUT2D eigenvalue weighted by atomic mass is 10.0. The van der Waals surface area contributed by atoms with E-state index in [0.717, 1.165) is 18.7 Å². The minimum Gasteiger partial charge on any atom is -0.444 e. The van der Waals surface area contributed by atoms with Gasteiger partial charge in [0.2, 0.25) is 5.91 Å². The number of carbonyl (C=O) groups excluding carboxylic acids is 2. The summed E-state index contributed by atoms with van der Waals surface area (Å²) in [6, 6.07) is 0. The molecule has 0 aromatic carbocycles. The van der Waals surface area contributed by atoms with Crippen molar-refractivity contribution in [3.8, 4) is 0 Å². The third-order valence-electron chi connectivity index (χ3n) is 4.99. The summed E-state index contributed by atoms with van der Waals surface area (Å²) in [6.07, 6.45) is -4.94. The third kappa shape index (κ3) is 3.32. The fourth-order valence-corrected chi connectivity index (χ4v) is 3.06. The first-order valence-electron chi connectivity index (χ1n) is 7.99. The van der Waals surface area contributed by atoms with Crippen molar-refractivity contribution in [2.75, 3.05) is 20.1 Å². The van der Waals surface area contributed by atoms with Gasteiger partial charge in [-0.1, -0.05) is 0 Å². The monoisotopic (exact) mass is 350 g/mol. The number of amides is 2. The molecule has 2 unspecified atom stereocenters. The van der Waals surface area contributed by atoms with Gasteiger partial charge in [0.05, 0.1) is 0 Å². The zero-order chi connectivity index (χ0) is 18.7. The minimum atomic E-state index is -4.50. The molecule has 138 valence electrons. The molecular weight excluding hydrogens is 325 g/mol. The fourth-order valence-electron chi connectivity index (χ4n) is 3.06. The van der Waals surface area contributed by atoms with Crippen LogP contribution in [0.5, 0.6) is 0 Å². The normalized spacial score (nSPS) is 26.9. The molecule has 1 saturated heterocycles. The summed E-state index contributed by atoms with van der Waals surface area (Å²) in [5, 5.41) is 0. The van der Waals surface area contributed by atoms with Gasteiger partial charge in [0.15, 0.2) is 0 Å². The summed E-state index contributed by atoms with van der Waals surface area (Å²) in [6.45, 7) is 8.01. The van der Waals surface area contributed by atoms with Crippen molar-refractivity contribution in [1.82, 2.24) is 9.80 Å². The maximum Gasteiger partial charge on any atom is 0.411 e. The predicted molar refractivity (Wildman–Crippen MR) is 81.2 cm³/mol. The SMILES string of the molecule is CN(C(=O)C1C2CN(C(=O)OC(C)(C)C)CC21)C(C)(C)C(F)(F)F. The Hall–Kier alpha value is -1.47. The number of piperidine rings is 1. The van der Waals surface area contributed by atoms with E-state index in [-0.39, 0.29) is 11.8 Å². The molecule has 0 bridgehead atoms. The summed E-state index contributed by atoms with van der Waals surface area (Å²) in [4.78, 5) is 26.7. The minimum absolute atomic E-state index is 0.0727. The number of rotatable bonds is 2. The molecule has 0 aromatic heterocycles. The molecule has 2 amide bonds. The average Bonchev–Trinajstić information content (AvgIpc) is 2.87. The number of likely N-dealkylation sites (tertiary alicyclic amines) is 1. The van der Waals surface area contributed by atoms with Gasteiger partial charge < -0.3 is 14.5 Å². The number of nitrogens with zero attached hydrogens (tertiary/aromatic N) is 2. The Morgan fingerprint density at radius 1 is 1.04 bits per heavy atom. The Morgan fingerprint density at radius 2 is 1.50 bits per heavy atom. The van der Waals surface area contributed by atoms with Gasteiger partial charge in [-0.05, 0) is 46.5 Å². The van der Waals surface area contributed by atoms with Crippen molar-refractivity contribution in [3.63, 3.8) is 0 Å². The number of fused-ring (bicyclic) bond motifs is 1. The third-order valence-corrected chi connectivity index (χ3v) is 4.99. The van der Waals surface area contributed by atoms with E-state index in [1.807, 2.05) is 0 Å². The standard InChI is InChI=1S/C16H25F3N2O3/c1-14(2,3)24-13(23)21-7-9-10(8-21)11(9)12(22)20(6)15(4,5)16(17,18)19/h9-11H,7-8H2,1-6H3. The molecular formula is C16H25F3N2O3. The van der Waals surface area contributed by atoms with Crippen LogP contribution in [0.3, 0.4) is 0 Å². The van der Waals surface area contributed by atoms with E-state index >= 15 is 0 Å². The second-order valence-corrected chi connectivity index (χ2v) is 8.19. The summed E-state index contributed by atoms with van der Waals surface area (Å²) in [5.41, 5.74) is -2.82. The van der Waals surface area contributed by atoms with Crippen LogP contribution in [-0.4, -0.2) is 59.3 Å². The number of hydrogen-bond acceptors (Lipinski definition) is 3. The summed E-state index contributed by atoms with van der Waals surface area (Å²) >= 11 is 0. The average molecular weight is 350 g/mol. The van der Waals surface area contributed by atoms with E-state index in [2.05, 4.69) is 0 Å². The molecule has 1 aliphatic heterocycles. The quantitative estimate of drug-likeness (QED) is 0.769. The molecule has 2 fully saturated rings. The highest BCUT2D eigenvalue weighted by Gasteiger charge is 2.63. The van der Waals surface area contributed by atoms with Crippen LogP contribution in [0, 0.1) is 17.8 Å². The van der Waals surface area contributed by atoms with Crippen LogP contribution >= 0.6 is 0 Å². The molecule has 2 rings (SSSR count). The topological polar surface area (TPSA) is 49.9 Å². The van der Waals surface area contributed by atoms with Gasteiger partial charge in [0, 0.05) is 26.1 Å². The maximum absolute atomic E-state index is 13.1. The Morgan fingerprint density at radius 3 is 1.88 bits per heavy atom. The Kier molecular flexibility index (Phi) is 4.34. The smallest absolute Gasteiger partial charge is 0.411 e. The number of carbonyl (C=O) groups is 2. The number of hydrogen-bond donors (Lipinski definition) is 0. The van der Waals surface area contributed by atoms with Crippen LogP contribution in [0.15, 0.2) is 0 Å². The summed E-state index contributed by atoms with van der Waals surface area (Å²) < 4.78 is 44.5. The van der Waals surface area contributed by atoms with Crippen LogP contribution in [-0.2, 0) is 9.53 Å². The van der Waals surface area contributed by atoms with Crippen LogP contribution < -0.4 is 0 Å². The van der Waals surface area contributed by atoms with E-state index in [1.54, 1.807) is 20.8 Å². The Balaban J connectivity index is 1.94. The first-order valence-corrected chi connectivity index (χ1v) is 7.99. The molecule has 2 aliphatic rings. The largest absolute Gasteiger partial charge is 0.444 e. The number of halogens is 3. The molecule has 8 heteroatoms. The lowest BCUT2D eigenvalue weighted by molar-refractivity contribution is -0.218. The molecule has 5 nitrogen and oxygen atoms in total. The van der Waals surface area contributed by atoms with E-state index in [1.165, 1.54) is 11.9 Å². The first kappa shape index (κ1) is 18.9. The van der Waals surface area contributed by atoms with Crippen molar-refractivity contribution < 1.29 is 27.5 Å². The highest BCUT2D eigenvalue weighted by atomic mass is 19.4. The van der Waals surface area contributed by atoms with Gasteiger partial charge in [0.25, 0.3) is 0 Å². The molecule has 24 heavy (non-hydrogen) atoms. The van der Waals surface area contributed by atoms with Crippen LogP contribution in [0.1, 0.15) is 34.6 Å². The summed E-state index contributed by atoms with van der Waals surface area (Å²) in [7, 11) is 1.19. The Bertz CT molecular complexity index is 528. The molecule has 0 radical (unpaired) electrons. The van der Waals surface area contributed by atoms with Crippen LogP contribution in [0.4, 0.5) is 18.0 Å². The number of alkyl halides is 3. The van der Waals surface area contributed by atoms with Crippen molar-refractivity contribution in [1.29, 1.82) is 0 Å². The van der Waals surface area contributed by atoms with Crippen LogP contribution in [0.25, 0.3) is 0 Å². The summed E-state index contributed by atoms with van der Waals surface area (Å²) in [5.74, 6) is -1.08. The van der Waals surface area contributed by atoms with Gasteiger partial charge in [-0.15, -0.1) is 0 Å². The van der Waals surface area contributed by atoms with E-state index in [4.69, 9.17) is 4.74 Å². The van der Waals surface area contributed by atoms with Gasteiger partial charge in [-0.3, -0.25) is 4.79 Å². The van der Waals surface area contributed by atoms with Crippen LogP contribution in [0.2, 0.25) is 0 Å². The maximum atomic E-state index is 13.1. The van der Waals surface area contributed by atoms with Crippen molar-refractivity contribution in [2.24, 2.45) is 17.8 Å². The molecule has 0 N–H and O–H groups in total. The van der Waals surface area contributed by atoms with Crippen molar-refractivity contribution in [3.05, 3.63) is 0 Å². The molecule has 1 saturated carbocycles. The van der Waals surface area contributed by atoms with Crippen molar-refractivity contribution in [2.45, 2.75) is 51.9 Å². The highest BCUT2D eigenvalue weighted by Crippen LogP contribution is 2.53.